The molecule has 0 aromatic heterocycles. The van der Waals surface area contributed by atoms with Crippen molar-refractivity contribution in [2.75, 3.05) is 19.7 Å². The number of carbonyl (C=O) groups is 1. The first-order valence-electron chi connectivity index (χ1n) is 5.51. The Balaban J connectivity index is 3.70. The monoisotopic (exact) mass is 216 g/mol. The Kier molecular flexibility index (Phi) is 6.52. The maximum atomic E-state index is 11.4. The molecule has 0 aromatic rings. The van der Waals surface area contributed by atoms with Gasteiger partial charge in [0.15, 0.2) is 0 Å². The smallest absolute Gasteiger partial charge is 0.234 e. The number of hydrogen-bond donors (Lipinski definition) is 2. The van der Waals surface area contributed by atoms with E-state index < -0.39 is 0 Å². The summed E-state index contributed by atoms with van der Waals surface area (Å²) >= 11 is 0. The summed E-state index contributed by atoms with van der Waals surface area (Å²) in [5.41, 5.74) is -0.289. The Morgan fingerprint density at radius 1 is 1.40 bits per heavy atom. The van der Waals surface area contributed by atoms with E-state index in [1.165, 1.54) is 0 Å². The molecule has 0 aliphatic rings. The van der Waals surface area contributed by atoms with Crippen LogP contribution in [0.25, 0.3) is 0 Å². The summed E-state index contributed by atoms with van der Waals surface area (Å²) in [5, 5.41) is 5.90. The van der Waals surface area contributed by atoms with E-state index in [1.807, 2.05) is 34.6 Å². The molecule has 0 radical (unpaired) electrons. The van der Waals surface area contributed by atoms with Gasteiger partial charge in [-0.15, -0.1) is 0 Å². The summed E-state index contributed by atoms with van der Waals surface area (Å²) in [6.07, 6.45) is 0. The van der Waals surface area contributed by atoms with Crippen molar-refractivity contribution in [3.63, 3.8) is 0 Å². The molecule has 0 aliphatic heterocycles. The molecular weight excluding hydrogens is 192 g/mol. The van der Waals surface area contributed by atoms with Gasteiger partial charge in [-0.1, -0.05) is 13.8 Å². The molecule has 4 nitrogen and oxygen atoms in total. The Bertz CT molecular complexity index is 191. The van der Waals surface area contributed by atoms with Crippen LogP contribution in [0.1, 0.15) is 34.6 Å². The van der Waals surface area contributed by atoms with Gasteiger partial charge in [0.2, 0.25) is 5.91 Å². The van der Waals surface area contributed by atoms with E-state index in [4.69, 9.17) is 4.74 Å². The van der Waals surface area contributed by atoms with Crippen LogP contribution in [0.15, 0.2) is 0 Å². The molecule has 0 aromatic carbocycles. The predicted molar refractivity (Wildman–Crippen MR) is 61.9 cm³/mol. The number of nitrogens with one attached hydrogen (secondary N) is 2. The summed E-state index contributed by atoms with van der Waals surface area (Å²) in [6.45, 7) is 11.5. The van der Waals surface area contributed by atoms with Crippen LogP contribution in [0.4, 0.5) is 0 Å². The zero-order valence-corrected chi connectivity index (χ0v) is 10.5. The van der Waals surface area contributed by atoms with Crippen molar-refractivity contribution in [3.8, 4) is 0 Å². The highest BCUT2D eigenvalue weighted by Gasteiger charge is 2.18. The summed E-state index contributed by atoms with van der Waals surface area (Å²) in [4.78, 5) is 11.4. The van der Waals surface area contributed by atoms with Gasteiger partial charge in [-0.25, -0.2) is 0 Å². The maximum absolute atomic E-state index is 11.4. The van der Waals surface area contributed by atoms with Gasteiger partial charge < -0.3 is 15.4 Å². The number of ether oxygens (including phenoxy) is 1. The minimum Gasteiger partial charge on any atom is -0.374 e. The van der Waals surface area contributed by atoms with E-state index in [0.717, 1.165) is 0 Å². The lowest BCUT2D eigenvalue weighted by Gasteiger charge is -2.25. The SMILES string of the molecule is CCOC(C)(C)CNC(=O)CNC(C)C. The van der Waals surface area contributed by atoms with Crippen LogP contribution in [0.2, 0.25) is 0 Å². The molecule has 90 valence electrons. The summed E-state index contributed by atoms with van der Waals surface area (Å²) in [7, 11) is 0. The Hall–Kier alpha value is -0.610. The topological polar surface area (TPSA) is 50.4 Å². The minimum absolute atomic E-state index is 0.0106. The molecule has 0 rings (SSSR count). The Morgan fingerprint density at radius 3 is 2.47 bits per heavy atom. The molecule has 0 fully saturated rings. The highest BCUT2D eigenvalue weighted by molar-refractivity contribution is 5.78. The Labute approximate surface area is 92.8 Å². The van der Waals surface area contributed by atoms with Gasteiger partial charge in [0.05, 0.1) is 12.1 Å². The van der Waals surface area contributed by atoms with E-state index in [1.54, 1.807) is 0 Å². The predicted octanol–water partition coefficient (Wildman–Crippen LogP) is 0.916. The first kappa shape index (κ1) is 14.4. The van der Waals surface area contributed by atoms with Crippen LogP contribution in [0, 0.1) is 0 Å². The fraction of sp³-hybridized carbons (Fsp3) is 0.909. The van der Waals surface area contributed by atoms with Crippen molar-refractivity contribution in [1.29, 1.82) is 0 Å². The molecule has 15 heavy (non-hydrogen) atoms. The quantitative estimate of drug-likeness (QED) is 0.665. The lowest BCUT2D eigenvalue weighted by Crippen LogP contribution is -2.44. The van der Waals surface area contributed by atoms with Crippen LogP contribution in [-0.4, -0.2) is 37.2 Å². The number of amides is 1. The van der Waals surface area contributed by atoms with E-state index in [0.29, 0.717) is 25.7 Å². The van der Waals surface area contributed by atoms with Gasteiger partial charge in [-0.05, 0) is 20.8 Å². The minimum atomic E-state index is -0.289. The van der Waals surface area contributed by atoms with Crippen LogP contribution < -0.4 is 10.6 Å². The second-order valence-electron chi connectivity index (χ2n) is 4.51. The third kappa shape index (κ3) is 8.39. The van der Waals surface area contributed by atoms with E-state index in [2.05, 4.69) is 10.6 Å². The average Bonchev–Trinajstić information content (AvgIpc) is 2.11. The van der Waals surface area contributed by atoms with Gasteiger partial charge in [0.25, 0.3) is 0 Å². The van der Waals surface area contributed by atoms with Crippen LogP contribution >= 0.6 is 0 Å². The summed E-state index contributed by atoms with van der Waals surface area (Å²) < 4.78 is 5.47. The van der Waals surface area contributed by atoms with Crippen molar-refractivity contribution in [2.24, 2.45) is 0 Å². The van der Waals surface area contributed by atoms with Crippen molar-refractivity contribution in [2.45, 2.75) is 46.3 Å². The molecule has 2 N–H and O–H groups in total. The van der Waals surface area contributed by atoms with E-state index in [-0.39, 0.29) is 11.5 Å². The van der Waals surface area contributed by atoms with E-state index in [9.17, 15) is 4.79 Å². The molecule has 4 heteroatoms. The van der Waals surface area contributed by atoms with Crippen LogP contribution in [0.5, 0.6) is 0 Å². The second-order valence-corrected chi connectivity index (χ2v) is 4.51. The zero-order valence-electron chi connectivity index (χ0n) is 10.5. The first-order chi connectivity index (χ1) is 6.87. The van der Waals surface area contributed by atoms with Crippen molar-refractivity contribution >= 4 is 5.91 Å². The molecule has 0 heterocycles. The molecule has 0 atom stereocenters. The van der Waals surface area contributed by atoms with Gasteiger partial charge in [-0.2, -0.15) is 0 Å². The fourth-order valence-electron chi connectivity index (χ4n) is 1.11. The lowest BCUT2D eigenvalue weighted by molar-refractivity contribution is -0.121. The largest absolute Gasteiger partial charge is 0.374 e. The normalized spacial score (nSPS) is 11.9. The molecule has 0 unspecified atom stereocenters. The highest BCUT2D eigenvalue weighted by atomic mass is 16.5. The molecule has 0 saturated carbocycles. The standard InChI is InChI=1S/C11H24N2O2/c1-6-15-11(4,5)8-13-10(14)7-12-9(2)3/h9,12H,6-8H2,1-5H3,(H,13,14). The second kappa shape index (κ2) is 6.80. The number of carbonyl (C=O) groups excluding carboxylic acids is 1. The molecule has 0 bridgehead atoms. The van der Waals surface area contributed by atoms with Gasteiger partial charge in [-0.3, -0.25) is 4.79 Å². The van der Waals surface area contributed by atoms with Crippen molar-refractivity contribution in [1.82, 2.24) is 10.6 Å². The van der Waals surface area contributed by atoms with Gasteiger partial charge >= 0.3 is 0 Å². The molecular formula is C11H24N2O2. The molecule has 0 spiro atoms. The summed E-state index contributed by atoms with van der Waals surface area (Å²) in [5.74, 6) is 0.0106. The van der Waals surface area contributed by atoms with Crippen molar-refractivity contribution < 1.29 is 9.53 Å². The highest BCUT2D eigenvalue weighted by Crippen LogP contribution is 2.06. The zero-order chi connectivity index (χ0) is 11.9. The Morgan fingerprint density at radius 2 is 2.00 bits per heavy atom. The third-order valence-electron chi connectivity index (χ3n) is 1.92. The first-order valence-corrected chi connectivity index (χ1v) is 5.51. The third-order valence-corrected chi connectivity index (χ3v) is 1.92. The van der Waals surface area contributed by atoms with Gasteiger partial charge in [0.1, 0.15) is 0 Å². The molecule has 0 saturated heterocycles. The lowest BCUT2D eigenvalue weighted by atomic mass is 10.1. The van der Waals surface area contributed by atoms with Crippen molar-refractivity contribution in [3.05, 3.63) is 0 Å². The van der Waals surface area contributed by atoms with E-state index >= 15 is 0 Å². The summed E-state index contributed by atoms with van der Waals surface area (Å²) in [6, 6.07) is 0.329. The fourth-order valence-corrected chi connectivity index (χ4v) is 1.11. The van der Waals surface area contributed by atoms with Crippen LogP contribution in [-0.2, 0) is 9.53 Å². The molecule has 0 aliphatic carbocycles. The van der Waals surface area contributed by atoms with Crippen LogP contribution in [0.3, 0.4) is 0 Å². The molecule has 1 amide bonds. The number of rotatable bonds is 7. The average molecular weight is 216 g/mol. The maximum Gasteiger partial charge on any atom is 0.234 e. The number of hydrogen-bond acceptors (Lipinski definition) is 3. The van der Waals surface area contributed by atoms with Gasteiger partial charge in [0, 0.05) is 19.2 Å².